The molecule has 0 saturated carbocycles. The molecule has 0 aromatic heterocycles. The van der Waals surface area contributed by atoms with Gasteiger partial charge in [-0.25, -0.2) is 10.2 Å². The number of hydrazine groups is 1. The predicted octanol–water partition coefficient (Wildman–Crippen LogP) is 3.28. The van der Waals surface area contributed by atoms with Crippen LogP contribution in [0.5, 0.6) is 5.75 Å². The number of thiocarbonyl (C=S) groups is 1. The van der Waals surface area contributed by atoms with Crippen molar-refractivity contribution in [2.24, 2.45) is 0 Å². The lowest BCUT2D eigenvalue weighted by molar-refractivity contribution is 0.0975. The summed E-state index contributed by atoms with van der Waals surface area (Å²) >= 11 is 8.29. The molecule has 0 bridgehead atoms. The first-order valence-corrected chi connectivity index (χ1v) is 9.05. The molecule has 1 aromatic carbocycles. The second-order valence-corrected chi connectivity index (χ2v) is 6.34. The first-order chi connectivity index (χ1) is 12.0. The number of unbranched alkanes of at least 4 members (excludes halogenated alkanes) is 3. The Labute approximate surface area is 160 Å². The Kier molecular flexibility index (Phi) is 9.86. The molecule has 0 radical (unpaired) electrons. The lowest BCUT2D eigenvalue weighted by Gasteiger charge is -2.11. The van der Waals surface area contributed by atoms with Crippen LogP contribution >= 0.6 is 28.1 Å². The average molecular weight is 432 g/mol. The van der Waals surface area contributed by atoms with E-state index < -0.39 is 12.0 Å². The minimum absolute atomic E-state index is 0.0530. The van der Waals surface area contributed by atoms with Gasteiger partial charge in [-0.15, -0.1) is 0 Å². The lowest BCUT2D eigenvalue weighted by Crippen LogP contribution is -2.48. The van der Waals surface area contributed by atoms with Crippen LogP contribution in [-0.2, 0) is 4.74 Å². The number of rotatable bonds is 7. The van der Waals surface area contributed by atoms with Crippen molar-refractivity contribution in [3.8, 4) is 5.75 Å². The Morgan fingerprint density at radius 2 is 1.96 bits per heavy atom. The van der Waals surface area contributed by atoms with Gasteiger partial charge in [0, 0.05) is 5.56 Å². The van der Waals surface area contributed by atoms with Crippen LogP contribution in [-0.4, -0.2) is 30.8 Å². The van der Waals surface area contributed by atoms with Crippen molar-refractivity contribution in [3.05, 3.63) is 28.2 Å². The number of ether oxygens (including phenoxy) is 2. The molecule has 0 atom stereocenters. The first-order valence-electron chi connectivity index (χ1n) is 7.85. The fourth-order valence-electron chi connectivity index (χ4n) is 1.84. The SMILES string of the molecule is CCCCCCOc1ccc(C(=O)NC(=S)NNC(=O)OC)cc1Br. The first kappa shape index (κ1) is 21.2. The van der Waals surface area contributed by atoms with Gasteiger partial charge < -0.3 is 9.47 Å². The summed E-state index contributed by atoms with van der Waals surface area (Å²) in [5.74, 6) is 0.264. The van der Waals surface area contributed by atoms with E-state index in [0.29, 0.717) is 22.4 Å². The molecule has 0 fully saturated rings. The fourth-order valence-corrected chi connectivity index (χ4v) is 2.47. The Morgan fingerprint density at radius 3 is 2.60 bits per heavy atom. The Balaban J connectivity index is 2.50. The zero-order chi connectivity index (χ0) is 18.7. The summed E-state index contributed by atoms with van der Waals surface area (Å²) in [6, 6.07) is 5.01. The van der Waals surface area contributed by atoms with Gasteiger partial charge in [0.2, 0.25) is 0 Å². The monoisotopic (exact) mass is 431 g/mol. The molecule has 7 nitrogen and oxygen atoms in total. The van der Waals surface area contributed by atoms with Gasteiger partial charge in [0.05, 0.1) is 18.2 Å². The molecule has 0 saturated heterocycles. The number of carbonyl (C=O) groups is 2. The number of methoxy groups -OCH3 is 1. The highest BCUT2D eigenvalue weighted by Gasteiger charge is 2.11. The average Bonchev–Trinajstić information content (AvgIpc) is 2.60. The van der Waals surface area contributed by atoms with Crippen LogP contribution in [0.2, 0.25) is 0 Å². The van der Waals surface area contributed by atoms with Gasteiger partial charge in [-0.2, -0.15) is 0 Å². The summed E-state index contributed by atoms with van der Waals surface area (Å²) in [6.07, 6.45) is 3.79. The predicted molar refractivity (Wildman–Crippen MR) is 103 cm³/mol. The number of benzene rings is 1. The molecular formula is C16H22BrN3O4S. The highest BCUT2D eigenvalue weighted by molar-refractivity contribution is 9.10. The van der Waals surface area contributed by atoms with Gasteiger partial charge in [0.1, 0.15) is 5.75 Å². The van der Waals surface area contributed by atoms with Gasteiger partial charge >= 0.3 is 6.09 Å². The van der Waals surface area contributed by atoms with E-state index in [1.54, 1.807) is 18.2 Å². The molecule has 0 spiro atoms. The maximum atomic E-state index is 12.1. The van der Waals surface area contributed by atoms with E-state index in [4.69, 9.17) is 17.0 Å². The zero-order valence-corrected chi connectivity index (χ0v) is 16.6. The van der Waals surface area contributed by atoms with Crippen LogP contribution in [0.4, 0.5) is 4.79 Å². The molecule has 0 aliphatic rings. The molecule has 3 N–H and O–H groups in total. The van der Waals surface area contributed by atoms with Gasteiger partial charge in [0.15, 0.2) is 5.11 Å². The van der Waals surface area contributed by atoms with Crippen LogP contribution in [0.3, 0.4) is 0 Å². The Morgan fingerprint density at radius 1 is 1.20 bits per heavy atom. The summed E-state index contributed by atoms with van der Waals surface area (Å²) in [5.41, 5.74) is 4.89. The maximum absolute atomic E-state index is 12.1. The van der Waals surface area contributed by atoms with Crippen molar-refractivity contribution >= 4 is 45.3 Å². The molecule has 0 heterocycles. The van der Waals surface area contributed by atoms with Gasteiger partial charge in [0.25, 0.3) is 5.91 Å². The minimum atomic E-state index is -0.722. The van der Waals surface area contributed by atoms with Crippen molar-refractivity contribution in [1.29, 1.82) is 0 Å². The third-order valence-electron chi connectivity index (χ3n) is 3.14. The fraction of sp³-hybridized carbons (Fsp3) is 0.438. The van der Waals surface area contributed by atoms with Gasteiger partial charge in [-0.1, -0.05) is 26.2 Å². The quantitative estimate of drug-likeness (QED) is 0.348. The number of amides is 2. The second kappa shape index (κ2) is 11.6. The summed E-state index contributed by atoms with van der Waals surface area (Å²) in [7, 11) is 1.21. The van der Waals surface area contributed by atoms with E-state index in [1.807, 2.05) is 0 Å². The maximum Gasteiger partial charge on any atom is 0.425 e. The van der Waals surface area contributed by atoms with E-state index in [9.17, 15) is 9.59 Å². The van der Waals surface area contributed by atoms with Crippen molar-refractivity contribution in [2.45, 2.75) is 32.6 Å². The lowest BCUT2D eigenvalue weighted by atomic mass is 10.2. The zero-order valence-electron chi connectivity index (χ0n) is 14.2. The van der Waals surface area contributed by atoms with Crippen molar-refractivity contribution < 1.29 is 19.1 Å². The van der Waals surface area contributed by atoms with E-state index in [1.165, 1.54) is 20.0 Å². The van der Waals surface area contributed by atoms with Gasteiger partial charge in [-0.3, -0.25) is 15.5 Å². The number of halogens is 1. The van der Waals surface area contributed by atoms with Crippen molar-refractivity contribution in [1.82, 2.24) is 16.2 Å². The topological polar surface area (TPSA) is 88.7 Å². The molecular weight excluding hydrogens is 410 g/mol. The smallest absolute Gasteiger partial charge is 0.425 e. The third kappa shape index (κ3) is 8.17. The molecule has 1 rings (SSSR count). The van der Waals surface area contributed by atoms with Crippen molar-refractivity contribution in [2.75, 3.05) is 13.7 Å². The minimum Gasteiger partial charge on any atom is -0.492 e. The third-order valence-corrected chi connectivity index (χ3v) is 3.96. The molecule has 2 amide bonds. The Bertz CT molecular complexity index is 613. The Hall–Kier alpha value is -1.87. The van der Waals surface area contributed by atoms with Crippen LogP contribution in [0.25, 0.3) is 0 Å². The summed E-state index contributed by atoms with van der Waals surface area (Å²) in [6.45, 7) is 2.80. The molecule has 0 unspecified atom stereocenters. The van der Waals surface area contributed by atoms with Crippen LogP contribution in [0.15, 0.2) is 22.7 Å². The highest BCUT2D eigenvalue weighted by atomic mass is 79.9. The summed E-state index contributed by atoms with van der Waals surface area (Å²) in [4.78, 5) is 23.0. The van der Waals surface area contributed by atoms with Crippen LogP contribution in [0, 0.1) is 0 Å². The van der Waals surface area contributed by atoms with E-state index in [2.05, 4.69) is 43.8 Å². The number of carbonyl (C=O) groups excluding carboxylic acids is 2. The number of hydrogen-bond donors (Lipinski definition) is 3. The molecule has 138 valence electrons. The van der Waals surface area contributed by atoms with E-state index in [-0.39, 0.29) is 5.11 Å². The second-order valence-electron chi connectivity index (χ2n) is 5.08. The number of nitrogens with one attached hydrogen (secondary N) is 3. The standard InChI is InChI=1S/C16H22BrN3O4S/c1-3-4-5-6-9-24-13-8-7-11(10-12(13)17)14(21)18-15(25)19-20-16(22)23-2/h7-8,10H,3-6,9H2,1-2H3,(H,20,22)(H2,18,19,21,25). The molecule has 1 aromatic rings. The summed E-state index contributed by atoms with van der Waals surface area (Å²) < 4.78 is 10.7. The van der Waals surface area contributed by atoms with Crippen molar-refractivity contribution in [3.63, 3.8) is 0 Å². The molecule has 0 aliphatic heterocycles. The normalized spacial score (nSPS) is 9.88. The molecule has 0 aliphatic carbocycles. The summed E-state index contributed by atoms with van der Waals surface area (Å²) in [5, 5.41) is 2.39. The molecule has 25 heavy (non-hydrogen) atoms. The van der Waals surface area contributed by atoms with Gasteiger partial charge in [-0.05, 0) is 52.8 Å². The van der Waals surface area contributed by atoms with Crippen LogP contribution in [0.1, 0.15) is 43.0 Å². The largest absolute Gasteiger partial charge is 0.492 e. The highest BCUT2D eigenvalue weighted by Crippen LogP contribution is 2.26. The van der Waals surface area contributed by atoms with E-state index in [0.717, 1.165) is 12.8 Å². The molecule has 9 heteroatoms. The van der Waals surface area contributed by atoms with E-state index >= 15 is 0 Å². The van der Waals surface area contributed by atoms with Crippen LogP contribution < -0.4 is 20.9 Å². The number of hydrogen-bond acceptors (Lipinski definition) is 5.